The molecule has 0 spiro atoms. The van der Waals surface area contributed by atoms with Crippen LogP contribution in [0.4, 0.5) is 0 Å². The van der Waals surface area contributed by atoms with Gasteiger partial charge in [-0.1, -0.05) is 60.7 Å². The van der Waals surface area contributed by atoms with Crippen molar-refractivity contribution in [2.45, 2.75) is 38.8 Å². The number of rotatable bonds is 8. The molecule has 1 amide bonds. The van der Waals surface area contributed by atoms with E-state index in [4.69, 9.17) is 9.82 Å². The molecule has 2 aromatic heterocycles. The molecule has 0 bridgehead atoms. The number of hydrogen-bond donors (Lipinski definition) is 0. The number of hydroxylamine groups is 2. The third-order valence-electron chi connectivity index (χ3n) is 5.53. The molecule has 0 saturated heterocycles. The second-order valence-corrected chi connectivity index (χ2v) is 9.21. The van der Waals surface area contributed by atoms with Crippen molar-refractivity contribution in [3.8, 4) is 22.4 Å². The predicted molar refractivity (Wildman–Crippen MR) is 134 cm³/mol. The molecule has 0 fully saturated rings. The number of pyridine rings is 1. The number of nitrogens with zero attached hydrogens (tertiary/aromatic N) is 4. The largest absolute Gasteiger partial charge is 0.329 e. The summed E-state index contributed by atoms with van der Waals surface area (Å²) < 4.78 is 2.02. The van der Waals surface area contributed by atoms with E-state index in [-0.39, 0.29) is 0 Å². The molecule has 1 atom stereocenters. The first-order chi connectivity index (χ1) is 16.4. The molecule has 0 N–H and O–H groups in total. The summed E-state index contributed by atoms with van der Waals surface area (Å²) in [7, 11) is 1.97. The van der Waals surface area contributed by atoms with E-state index in [1.165, 1.54) is 10.6 Å². The van der Waals surface area contributed by atoms with Crippen molar-refractivity contribution in [2.24, 2.45) is 7.05 Å². The Morgan fingerprint density at radius 2 is 1.56 bits per heavy atom. The molecule has 4 aromatic rings. The fraction of sp³-hybridized carbons (Fsp3) is 0.250. The second kappa shape index (κ2) is 10.0. The Morgan fingerprint density at radius 1 is 0.912 bits per heavy atom. The number of hydrogen-bond acceptors (Lipinski definition) is 4. The fourth-order valence-electron chi connectivity index (χ4n) is 3.95. The van der Waals surface area contributed by atoms with Crippen LogP contribution in [0.3, 0.4) is 0 Å². The first-order valence-electron chi connectivity index (χ1n) is 11.4. The van der Waals surface area contributed by atoms with Crippen molar-refractivity contribution >= 4 is 6.41 Å². The van der Waals surface area contributed by atoms with Crippen LogP contribution in [-0.2, 0) is 23.1 Å². The molecular weight excluding hydrogens is 424 g/mol. The van der Waals surface area contributed by atoms with Crippen LogP contribution in [0.5, 0.6) is 0 Å². The molecule has 4 rings (SSSR count). The van der Waals surface area contributed by atoms with Crippen molar-refractivity contribution in [1.82, 2.24) is 19.6 Å². The van der Waals surface area contributed by atoms with Gasteiger partial charge in [0.1, 0.15) is 11.9 Å². The fourth-order valence-corrected chi connectivity index (χ4v) is 3.95. The molecule has 0 saturated carbocycles. The van der Waals surface area contributed by atoms with Crippen LogP contribution in [0.1, 0.15) is 38.3 Å². The Morgan fingerprint density at radius 3 is 2.18 bits per heavy atom. The zero-order chi connectivity index (χ0) is 24.1. The smallest absolute Gasteiger partial charge is 0.234 e. The molecule has 6 heteroatoms. The van der Waals surface area contributed by atoms with Crippen molar-refractivity contribution < 1.29 is 9.63 Å². The Hall–Kier alpha value is -3.77. The zero-order valence-corrected chi connectivity index (χ0v) is 20.1. The van der Waals surface area contributed by atoms with Gasteiger partial charge < -0.3 is 4.57 Å². The zero-order valence-electron chi connectivity index (χ0n) is 20.1. The summed E-state index contributed by atoms with van der Waals surface area (Å²) in [5, 5.41) is 1.36. The Balaban J connectivity index is 1.68. The highest BCUT2D eigenvalue weighted by Crippen LogP contribution is 2.30. The predicted octanol–water partition coefficient (Wildman–Crippen LogP) is 5.62. The average Bonchev–Trinajstić information content (AvgIpc) is 3.23. The van der Waals surface area contributed by atoms with E-state index >= 15 is 0 Å². The van der Waals surface area contributed by atoms with Crippen LogP contribution >= 0.6 is 0 Å². The van der Waals surface area contributed by atoms with Gasteiger partial charge in [-0.15, -0.1) is 0 Å². The van der Waals surface area contributed by atoms with Gasteiger partial charge in [-0.05, 0) is 49.6 Å². The minimum atomic E-state index is -0.537. The van der Waals surface area contributed by atoms with Crippen LogP contribution in [-0.4, -0.2) is 31.6 Å². The number of benzene rings is 2. The van der Waals surface area contributed by atoms with Crippen molar-refractivity contribution in [1.29, 1.82) is 0 Å². The first kappa shape index (κ1) is 23.4. The molecule has 0 aliphatic carbocycles. The van der Waals surface area contributed by atoms with Crippen LogP contribution in [0.25, 0.3) is 22.4 Å². The highest BCUT2D eigenvalue weighted by molar-refractivity contribution is 5.69. The molecule has 6 nitrogen and oxygen atoms in total. The summed E-state index contributed by atoms with van der Waals surface area (Å²) >= 11 is 0. The van der Waals surface area contributed by atoms with E-state index in [0.29, 0.717) is 6.42 Å². The molecule has 2 heterocycles. The minimum absolute atomic E-state index is 0.436. The second-order valence-electron chi connectivity index (χ2n) is 9.21. The maximum absolute atomic E-state index is 12.1. The number of amides is 1. The van der Waals surface area contributed by atoms with E-state index in [2.05, 4.69) is 41.4 Å². The number of carbonyl (C=O) groups is 1. The lowest BCUT2D eigenvalue weighted by Gasteiger charge is -2.32. The van der Waals surface area contributed by atoms with Crippen LogP contribution in [0.15, 0.2) is 85.2 Å². The standard InChI is InChI=1S/C28H30N4O2/c1-28(2,3)34-32(20-33)25(18-24-12-8-9-17-29-24)27-30-19-26(31(27)4)23-15-13-22(14-16-23)21-10-6-5-7-11-21/h5-17,19-20,25H,18H2,1-4H3. The first-order valence-corrected chi connectivity index (χ1v) is 11.4. The number of aromatic nitrogens is 3. The normalized spacial score (nSPS) is 12.4. The molecule has 1 unspecified atom stereocenters. The van der Waals surface area contributed by atoms with Gasteiger partial charge in [0, 0.05) is 25.4 Å². The van der Waals surface area contributed by atoms with E-state index in [9.17, 15) is 4.79 Å². The highest BCUT2D eigenvalue weighted by atomic mass is 16.7. The lowest BCUT2D eigenvalue weighted by molar-refractivity contribution is -0.235. The molecule has 0 aliphatic heterocycles. The Bertz CT molecular complexity index is 1210. The van der Waals surface area contributed by atoms with Gasteiger partial charge in [0.15, 0.2) is 0 Å². The minimum Gasteiger partial charge on any atom is -0.329 e. The molecular formula is C28H30N4O2. The van der Waals surface area contributed by atoms with Gasteiger partial charge in [-0.25, -0.2) is 10.0 Å². The van der Waals surface area contributed by atoms with E-state index in [0.717, 1.165) is 34.7 Å². The molecule has 2 aromatic carbocycles. The van der Waals surface area contributed by atoms with Crippen LogP contribution in [0, 0.1) is 0 Å². The van der Waals surface area contributed by atoms with E-state index in [1.807, 2.05) is 75.0 Å². The maximum Gasteiger partial charge on any atom is 0.234 e. The van der Waals surface area contributed by atoms with Crippen molar-refractivity contribution in [2.75, 3.05) is 0 Å². The van der Waals surface area contributed by atoms with Crippen molar-refractivity contribution in [3.05, 3.63) is 96.7 Å². The topological polar surface area (TPSA) is 60.2 Å². The van der Waals surface area contributed by atoms with Gasteiger partial charge in [-0.3, -0.25) is 14.6 Å². The number of imidazole rings is 1. The molecule has 34 heavy (non-hydrogen) atoms. The van der Waals surface area contributed by atoms with Gasteiger partial charge in [0.2, 0.25) is 6.41 Å². The summed E-state index contributed by atoms with van der Waals surface area (Å²) in [6, 6.07) is 24.0. The molecule has 0 radical (unpaired) electrons. The van der Waals surface area contributed by atoms with Gasteiger partial charge in [-0.2, -0.15) is 0 Å². The monoisotopic (exact) mass is 454 g/mol. The molecule has 174 valence electrons. The summed E-state index contributed by atoms with van der Waals surface area (Å²) in [6.07, 6.45) is 4.80. The van der Waals surface area contributed by atoms with E-state index < -0.39 is 11.6 Å². The summed E-state index contributed by atoms with van der Waals surface area (Å²) in [4.78, 5) is 27.3. The third kappa shape index (κ3) is 5.41. The maximum atomic E-state index is 12.1. The summed E-state index contributed by atoms with van der Waals surface area (Å²) in [5.74, 6) is 0.726. The quantitative estimate of drug-likeness (QED) is 0.256. The third-order valence-corrected chi connectivity index (χ3v) is 5.53. The van der Waals surface area contributed by atoms with Crippen LogP contribution < -0.4 is 0 Å². The number of carbonyl (C=O) groups excluding carboxylic acids is 1. The Labute approximate surface area is 200 Å². The SMILES string of the molecule is Cn1c(-c2ccc(-c3ccccc3)cc2)cnc1C(Cc1ccccn1)N(C=O)OC(C)(C)C. The summed E-state index contributed by atoms with van der Waals surface area (Å²) in [6.45, 7) is 5.75. The highest BCUT2D eigenvalue weighted by Gasteiger charge is 2.29. The average molecular weight is 455 g/mol. The van der Waals surface area contributed by atoms with Crippen LogP contribution in [0.2, 0.25) is 0 Å². The van der Waals surface area contributed by atoms with Gasteiger partial charge >= 0.3 is 0 Å². The van der Waals surface area contributed by atoms with Gasteiger partial charge in [0.25, 0.3) is 0 Å². The Kier molecular flexibility index (Phi) is 6.89. The van der Waals surface area contributed by atoms with Gasteiger partial charge in [0.05, 0.1) is 17.5 Å². The lowest BCUT2D eigenvalue weighted by atomic mass is 10.0. The summed E-state index contributed by atoms with van der Waals surface area (Å²) in [5.41, 5.74) is 4.66. The van der Waals surface area contributed by atoms with Crippen molar-refractivity contribution in [3.63, 3.8) is 0 Å². The van der Waals surface area contributed by atoms with E-state index in [1.54, 1.807) is 6.20 Å². The lowest BCUT2D eigenvalue weighted by Crippen LogP contribution is -2.38. The molecule has 0 aliphatic rings.